The Balaban J connectivity index is 1.60. The molecule has 0 N–H and O–H groups in total. The lowest BCUT2D eigenvalue weighted by Gasteiger charge is -2.25. The molecule has 0 radical (unpaired) electrons. The van der Waals surface area contributed by atoms with Gasteiger partial charge in [0.15, 0.2) is 27.2 Å². The van der Waals surface area contributed by atoms with Crippen LogP contribution >= 0.6 is 0 Å². The molecule has 1 aliphatic carbocycles. The number of aromatic nitrogens is 5. The molecule has 3 heterocycles. The third-order valence-electron chi connectivity index (χ3n) is 5.53. The van der Waals surface area contributed by atoms with E-state index < -0.39 is 20.9 Å². The fourth-order valence-corrected chi connectivity index (χ4v) is 5.11. The summed E-state index contributed by atoms with van der Waals surface area (Å²) in [5.41, 5.74) is 0. The van der Waals surface area contributed by atoms with Crippen molar-refractivity contribution in [2.75, 3.05) is 0 Å². The van der Waals surface area contributed by atoms with E-state index in [2.05, 4.69) is 20.2 Å². The van der Waals surface area contributed by atoms with Gasteiger partial charge >= 0.3 is 0 Å². The van der Waals surface area contributed by atoms with Crippen molar-refractivity contribution in [3.63, 3.8) is 0 Å². The van der Waals surface area contributed by atoms with Crippen LogP contribution in [-0.4, -0.2) is 38.4 Å². The van der Waals surface area contributed by atoms with Gasteiger partial charge in [-0.25, -0.2) is 22.8 Å². The lowest BCUT2D eigenvalue weighted by Crippen LogP contribution is -2.26. The minimum Gasteiger partial charge on any atom is -0.461 e. The summed E-state index contributed by atoms with van der Waals surface area (Å²) in [6.45, 7) is 1.61. The van der Waals surface area contributed by atoms with Gasteiger partial charge in [0.1, 0.15) is 17.4 Å². The maximum absolute atomic E-state index is 13.1. The first-order valence-corrected chi connectivity index (χ1v) is 11.8. The molecule has 4 rings (SSSR count). The Morgan fingerprint density at radius 3 is 2.60 bits per heavy atom. The minimum atomic E-state index is -3.57. The van der Waals surface area contributed by atoms with Crippen LogP contribution in [0.5, 0.6) is 0 Å². The molecule has 0 bridgehead atoms. The average molecular weight is 434 g/mol. The van der Waals surface area contributed by atoms with Crippen LogP contribution in [0.3, 0.4) is 0 Å². The van der Waals surface area contributed by atoms with Gasteiger partial charge in [-0.1, -0.05) is 19.3 Å². The van der Waals surface area contributed by atoms with Crippen molar-refractivity contribution in [3.8, 4) is 11.6 Å². The predicted molar refractivity (Wildman–Crippen MR) is 108 cm³/mol. The molecular weight excluding hydrogens is 409 g/mol. The van der Waals surface area contributed by atoms with Gasteiger partial charge in [0.2, 0.25) is 0 Å². The molecule has 30 heavy (non-hydrogen) atoms. The molecule has 0 spiro atoms. The van der Waals surface area contributed by atoms with E-state index in [-0.39, 0.29) is 24.0 Å². The molecule has 160 valence electrons. The van der Waals surface area contributed by atoms with E-state index in [0.717, 1.165) is 38.1 Å². The summed E-state index contributed by atoms with van der Waals surface area (Å²) in [5, 5.41) is 7.74. The van der Waals surface area contributed by atoms with Crippen molar-refractivity contribution >= 4 is 9.84 Å². The van der Waals surface area contributed by atoms with E-state index in [4.69, 9.17) is 4.42 Å². The number of nitrogens with zero attached hydrogens (tertiary/aromatic N) is 5. The fourth-order valence-electron chi connectivity index (χ4n) is 3.87. The van der Waals surface area contributed by atoms with Gasteiger partial charge in [-0.15, -0.1) is 10.2 Å². The van der Waals surface area contributed by atoms with E-state index in [1.807, 2.05) is 4.57 Å². The maximum atomic E-state index is 13.1. The predicted octanol–water partition coefficient (Wildman–Crippen LogP) is 3.52. The fraction of sp³-hybridized carbons (Fsp3) is 0.500. The number of rotatable bonds is 7. The lowest BCUT2D eigenvalue weighted by molar-refractivity contribution is 0.347. The van der Waals surface area contributed by atoms with Gasteiger partial charge in [-0.05, 0) is 31.9 Å². The summed E-state index contributed by atoms with van der Waals surface area (Å²) in [5.74, 6) is 1.05. The van der Waals surface area contributed by atoms with Gasteiger partial charge in [0.05, 0.1) is 23.9 Å². The van der Waals surface area contributed by atoms with Gasteiger partial charge in [0, 0.05) is 12.5 Å². The molecule has 8 nitrogen and oxygen atoms in total. The SMILES string of the molecule is C[C@H](Cc1ncc(F)cn1)S(=O)(=O)Cc1nnc(-c2ccco2)n1C1CCCCC1. The second-order valence-corrected chi connectivity index (χ2v) is 10.1. The van der Waals surface area contributed by atoms with E-state index in [1.54, 1.807) is 25.3 Å². The molecule has 0 aliphatic heterocycles. The van der Waals surface area contributed by atoms with Gasteiger partial charge in [-0.3, -0.25) is 0 Å². The van der Waals surface area contributed by atoms with Crippen molar-refractivity contribution in [1.82, 2.24) is 24.7 Å². The first-order valence-electron chi connectivity index (χ1n) is 10.1. The van der Waals surface area contributed by atoms with Crippen LogP contribution in [0, 0.1) is 5.82 Å². The Morgan fingerprint density at radius 2 is 1.93 bits per heavy atom. The number of furan rings is 1. The zero-order chi connectivity index (χ0) is 21.1. The first-order chi connectivity index (χ1) is 14.4. The zero-order valence-corrected chi connectivity index (χ0v) is 17.6. The Hall–Kier alpha value is -2.62. The van der Waals surface area contributed by atoms with E-state index >= 15 is 0 Å². The van der Waals surface area contributed by atoms with E-state index in [9.17, 15) is 12.8 Å². The second-order valence-electron chi connectivity index (χ2n) is 7.72. The molecule has 10 heteroatoms. The Morgan fingerprint density at radius 1 is 1.20 bits per heavy atom. The van der Waals surface area contributed by atoms with Crippen molar-refractivity contribution in [1.29, 1.82) is 0 Å². The van der Waals surface area contributed by atoms with Crippen LogP contribution in [0.25, 0.3) is 11.6 Å². The van der Waals surface area contributed by atoms with Crippen LogP contribution < -0.4 is 0 Å². The highest BCUT2D eigenvalue weighted by atomic mass is 32.2. The quantitative estimate of drug-likeness (QED) is 0.561. The van der Waals surface area contributed by atoms with Gasteiger partial charge in [0.25, 0.3) is 0 Å². The number of sulfone groups is 1. The average Bonchev–Trinajstić information content (AvgIpc) is 3.40. The largest absolute Gasteiger partial charge is 0.461 e. The Labute approximate surface area is 174 Å². The molecule has 0 saturated heterocycles. The molecule has 1 atom stereocenters. The molecule has 0 amide bonds. The summed E-state index contributed by atoms with van der Waals surface area (Å²) >= 11 is 0. The smallest absolute Gasteiger partial charge is 0.200 e. The second kappa shape index (κ2) is 8.63. The number of hydrogen-bond donors (Lipinski definition) is 0. The van der Waals surface area contributed by atoms with Crippen LogP contribution in [-0.2, 0) is 22.0 Å². The summed E-state index contributed by atoms with van der Waals surface area (Å²) in [6.07, 6.45) is 9.01. The van der Waals surface area contributed by atoms with Crippen molar-refractivity contribution < 1.29 is 17.2 Å². The third-order valence-corrected chi connectivity index (χ3v) is 7.59. The first kappa shape index (κ1) is 20.6. The molecule has 1 aliphatic rings. The number of halogens is 1. The van der Waals surface area contributed by atoms with Crippen LogP contribution in [0.4, 0.5) is 4.39 Å². The normalized spacial score (nSPS) is 16.6. The zero-order valence-electron chi connectivity index (χ0n) is 16.7. The molecule has 0 unspecified atom stereocenters. The van der Waals surface area contributed by atoms with Crippen molar-refractivity contribution in [2.45, 2.75) is 62.5 Å². The topological polar surface area (TPSA) is 104 Å². The highest BCUT2D eigenvalue weighted by Crippen LogP contribution is 2.33. The third kappa shape index (κ3) is 4.43. The summed E-state index contributed by atoms with van der Waals surface area (Å²) < 4.78 is 46.6. The molecule has 0 aromatic carbocycles. The highest BCUT2D eigenvalue weighted by Gasteiger charge is 2.30. The molecular formula is C20H24FN5O3S. The van der Waals surface area contributed by atoms with Crippen LogP contribution in [0.2, 0.25) is 0 Å². The standard InChI is InChI=1S/C20H24FN5O3S/c1-14(10-18-22-11-15(21)12-23-18)30(27,28)13-19-24-25-20(17-8-5-9-29-17)26(19)16-6-3-2-4-7-16/h5,8-9,11-12,14,16H,2-4,6-7,10,13H2,1H3/t14-/m1/s1. The molecule has 1 saturated carbocycles. The monoisotopic (exact) mass is 433 g/mol. The summed E-state index contributed by atoms with van der Waals surface area (Å²) in [4.78, 5) is 7.74. The molecule has 1 fully saturated rings. The van der Waals surface area contributed by atoms with Gasteiger partial charge < -0.3 is 8.98 Å². The summed E-state index contributed by atoms with van der Waals surface area (Å²) in [7, 11) is -3.57. The van der Waals surface area contributed by atoms with Gasteiger partial charge in [-0.2, -0.15) is 0 Å². The molecule has 3 aromatic heterocycles. The summed E-state index contributed by atoms with van der Waals surface area (Å²) in [6, 6.07) is 3.72. The van der Waals surface area contributed by atoms with Crippen molar-refractivity contribution in [3.05, 3.63) is 48.3 Å². The highest BCUT2D eigenvalue weighted by molar-refractivity contribution is 7.91. The Kier molecular flexibility index (Phi) is 5.94. The van der Waals surface area contributed by atoms with E-state index in [1.165, 1.54) is 6.42 Å². The maximum Gasteiger partial charge on any atom is 0.200 e. The lowest BCUT2D eigenvalue weighted by atomic mass is 9.95. The van der Waals surface area contributed by atoms with Crippen LogP contribution in [0.15, 0.2) is 35.2 Å². The molecule has 3 aromatic rings. The number of hydrogen-bond acceptors (Lipinski definition) is 7. The Bertz CT molecular complexity index is 1070. The van der Waals surface area contributed by atoms with Crippen LogP contribution in [0.1, 0.15) is 56.7 Å². The minimum absolute atomic E-state index is 0.102. The van der Waals surface area contributed by atoms with Crippen molar-refractivity contribution in [2.24, 2.45) is 0 Å². The van der Waals surface area contributed by atoms with E-state index in [0.29, 0.717) is 17.4 Å².